The molecular formula is C18H15ClN2O4. The molecule has 0 aliphatic heterocycles. The van der Waals surface area contributed by atoms with Crippen molar-refractivity contribution in [3.8, 4) is 22.8 Å². The standard InChI is InChI=1S/C18H15ClN2O4/c1-23-15-8-5-12(9-16(15)24-2)18(22)20-17-10-14(21-25-17)11-3-6-13(19)7-4-11/h3-10H,1-2H3,(H,20,22). The number of benzene rings is 2. The van der Waals surface area contributed by atoms with Gasteiger partial charge in [0.1, 0.15) is 5.69 Å². The Balaban J connectivity index is 1.76. The van der Waals surface area contributed by atoms with Crippen molar-refractivity contribution in [1.82, 2.24) is 5.16 Å². The van der Waals surface area contributed by atoms with Crippen LogP contribution >= 0.6 is 11.6 Å². The van der Waals surface area contributed by atoms with E-state index in [0.717, 1.165) is 5.56 Å². The van der Waals surface area contributed by atoms with Crippen molar-refractivity contribution in [3.63, 3.8) is 0 Å². The molecule has 1 aromatic heterocycles. The van der Waals surface area contributed by atoms with Crippen LogP contribution in [0.4, 0.5) is 5.88 Å². The monoisotopic (exact) mass is 358 g/mol. The molecular weight excluding hydrogens is 344 g/mol. The van der Waals surface area contributed by atoms with Crippen LogP contribution in [0.3, 0.4) is 0 Å². The second kappa shape index (κ2) is 7.27. The molecule has 0 saturated heterocycles. The van der Waals surface area contributed by atoms with E-state index < -0.39 is 0 Å². The average molecular weight is 359 g/mol. The van der Waals surface area contributed by atoms with Crippen LogP contribution in [0.1, 0.15) is 10.4 Å². The Kier molecular flexibility index (Phi) is 4.90. The van der Waals surface area contributed by atoms with Crippen LogP contribution in [0.15, 0.2) is 53.1 Å². The van der Waals surface area contributed by atoms with Crippen LogP contribution in [-0.4, -0.2) is 25.3 Å². The van der Waals surface area contributed by atoms with Crippen LogP contribution in [0.5, 0.6) is 11.5 Å². The molecule has 3 aromatic rings. The zero-order chi connectivity index (χ0) is 17.8. The third-order valence-corrected chi connectivity index (χ3v) is 3.78. The van der Waals surface area contributed by atoms with Crippen LogP contribution in [0, 0.1) is 0 Å². The molecule has 0 radical (unpaired) electrons. The molecule has 1 heterocycles. The van der Waals surface area contributed by atoms with Gasteiger partial charge in [0.2, 0.25) is 5.88 Å². The first-order chi connectivity index (χ1) is 12.1. The second-order valence-electron chi connectivity index (χ2n) is 5.11. The molecule has 0 bridgehead atoms. The molecule has 7 heteroatoms. The number of anilines is 1. The molecule has 0 spiro atoms. The number of nitrogens with one attached hydrogen (secondary N) is 1. The smallest absolute Gasteiger partial charge is 0.258 e. The van der Waals surface area contributed by atoms with Gasteiger partial charge in [-0.15, -0.1) is 0 Å². The molecule has 0 aliphatic carbocycles. The second-order valence-corrected chi connectivity index (χ2v) is 5.54. The van der Waals surface area contributed by atoms with Gasteiger partial charge < -0.3 is 14.0 Å². The van der Waals surface area contributed by atoms with Gasteiger partial charge in [-0.05, 0) is 30.3 Å². The SMILES string of the molecule is COc1ccc(C(=O)Nc2cc(-c3ccc(Cl)cc3)no2)cc1OC. The molecule has 128 valence electrons. The Morgan fingerprint density at radius 1 is 1.04 bits per heavy atom. The van der Waals surface area contributed by atoms with Crippen molar-refractivity contribution in [2.45, 2.75) is 0 Å². The summed E-state index contributed by atoms with van der Waals surface area (Å²) < 4.78 is 15.5. The number of ether oxygens (including phenoxy) is 2. The average Bonchev–Trinajstić information content (AvgIpc) is 3.10. The van der Waals surface area contributed by atoms with E-state index in [1.54, 1.807) is 36.4 Å². The van der Waals surface area contributed by atoms with E-state index >= 15 is 0 Å². The van der Waals surface area contributed by atoms with E-state index in [1.807, 2.05) is 12.1 Å². The number of carbonyl (C=O) groups excluding carboxylic acids is 1. The summed E-state index contributed by atoms with van der Waals surface area (Å²) in [5.41, 5.74) is 1.83. The number of amides is 1. The quantitative estimate of drug-likeness (QED) is 0.737. The molecule has 1 N–H and O–H groups in total. The van der Waals surface area contributed by atoms with Crippen molar-refractivity contribution in [2.75, 3.05) is 19.5 Å². The number of hydrogen-bond acceptors (Lipinski definition) is 5. The minimum Gasteiger partial charge on any atom is -0.493 e. The Bertz CT molecular complexity index is 890. The summed E-state index contributed by atoms with van der Waals surface area (Å²) in [6.07, 6.45) is 0. The number of aromatic nitrogens is 1. The van der Waals surface area contributed by atoms with Crippen molar-refractivity contribution in [1.29, 1.82) is 0 Å². The summed E-state index contributed by atoms with van der Waals surface area (Å²) in [6.45, 7) is 0. The van der Waals surface area contributed by atoms with Gasteiger partial charge in [-0.3, -0.25) is 10.1 Å². The lowest BCUT2D eigenvalue weighted by Crippen LogP contribution is -2.11. The number of nitrogens with zero attached hydrogens (tertiary/aromatic N) is 1. The molecule has 0 fully saturated rings. The van der Waals surface area contributed by atoms with Crippen LogP contribution in [-0.2, 0) is 0 Å². The third kappa shape index (κ3) is 3.75. The molecule has 1 amide bonds. The lowest BCUT2D eigenvalue weighted by molar-refractivity contribution is 0.102. The maximum absolute atomic E-state index is 12.4. The Hall–Kier alpha value is -2.99. The van der Waals surface area contributed by atoms with Gasteiger partial charge in [0.05, 0.1) is 14.2 Å². The highest BCUT2D eigenvalue weighted by atomic mass is 35.5. The predicted molar refractivity (Wildman–Crippen MR) is 94.4 cm³/mol. The van der Waals surface area contributed by atoms with Gasteiger partial charge in [0.15, 0.2) is 11.5 Å². The Morgan fingerprint density at radius 3 is 2.44 bits per heavy atom. The normalized spacial score (nSPS) is 10.4. The van der Waals surface area contributed by atoms with Gasteiger partial charge in [-0.1, -0.05) is 28.9 Å². The van der Waals surface area contributed by atoms with E-state index in [1.165, 1.54) is 14.2 Å². The van der Waals surface area contributed by atoms with Crippen LogP contribution in [0.2, 0.25) is 5.02 Å². The summed E-state index contributed by atoms with van der Waals surface area (Å²) in [7, 11) is 3.04. The maximum Gasteiger partial charge on any atom is 0.258 e. The number of halogens is 1. The molecule has 0 unspecified atom stereocenters. The molecule has 3 rings (SSSR count). The number of methoxy groups -OCH3 is 2. The summed E-state index contributed by atoms with van der Waals surface area (Å²) in [4.78, 5) is 12.4. The van der Waals surface area contributed by atoms with E-state index in [9.17, 15) is 4.79 Å². The van der Waals surface area contributed by atoms with Crippen molar-refractivity contribution in [2.24, 2.45) is 0 Å². The maximum atomic E-state index is 12.4. The highest BCUT2D eigenvalue weighted by Crippen LogP contribution is 2.28. The first-order valence-corrected chi connectivity index (χ1v) is 7.74. The molecule has 0 aliphatic rings. The molecule has 6 nitrogen and oxygen atoms in total. The largest absolute Gasteiger partial charge is 0.493 e. The highest BCUT2D eigenvalue weighted by molar-refractivity contribution is 6.30. The van der Waals surface area contributed by atoms with E-state index in [4.69, 9.17) is 25.6 Å². The fourth-order valence-electron chi connectivity index (χ4n) is 2.25. The van der Waals surface area contributed by atoms with E-state index in [2.05, 4.69) is 10.5 Å². The lowest BCUT2D eigenvalue weighted by atomic mass is 10.1. The summed E-state index contributed by atoms with van der Waals surface area (Å²) >= 11 is 5.87. The van der Waals surface area contributed by atoms with E-state index in [0.29, 0.717) is 27.8 Å². The fourth-order valence-corrected chi connectivity index (χ4v) is 2.38. The summed E-state index contributed by atoms with van der Waals surface area (Å²) in [6, 6.07) is 13.7. The van der Waals surface area contributed by atoms with Crippen molar-refractivity contribution in [3.05, 3.63) is 59.1 Å². The predicted octanol–water partition coefficient (Wildman–Crippen LogP) is 4.26. The first-order valence-electron chi connectivity index (χ1n) is 7.36. The van der Waals surface area contributed by atoms with Crippen molar-refractivity contribution < 1.29 is 18.8 Å². The number of hydrogen-bond donors (Lipinski definition) is 1. The van der Waals surface area contributed by atoms with Crippen molar-refractivity contribution >= 4 is 23.4 Å². The number of carbonyl (C=O) groups is 1. The molecule has 0 saturated carbocycles. The third-order valence-electron chi connectivity index (χ3n) is 3.53. The summed E-state index contributed by atoms with van der Waals surface area (Å²) in [5.74, 6) is 0.905. The molecule has 0 atom stereocenters. The minimum absolute atomic E-state index is 0.240. The van der Waals surface area contributed by atoms with Crippen LogP contribution in [0.25, 0.3) is 11.3 Å². The fraction of sp³-hybridized carbons (Fsp3) is 0.111. The van der Waals surface area contributed by atoms with Crippen LogP contribution < -0.4 is 14.8 Å². The highest BCUT2D eigenvalue weighted by Gasteiger charge is 2.14. The Labute approximate surface area is 149 Å². The van der Waals surface area contributed by atoms with Gasteiger partial charge in [-0.25, -0.2) is 0 Å². The van der Waals surface area contributed by atoms with Gasteiger partial charge in [0.25, 0.3) is 5.91 Å². The molecule has 25 heavy (non-hydrogen) atoms. The van der Waals surface area contributed by atoms with Gasteiger partial charge >= 0.3 is 0 Å². The zero-order valence-corrected chi connectivity index (χ0v) is 14.3. The van der Waals surface area contributed by atoms with E-state index in [-0.39, 0.29) is 11.8 Å². The molecule has 2 aromatic carbocycles. The Morgan fingerprint density at radius 2 is 1.76 bits per heavy atom. The zero-order valence-electron chi connectivity index (χ0n) is 13.6. The van der Waals surface area contributed by atoms with Gasteiger partial charge in [0, 0.05) is 22.2 Å². The number of rotatable bonds is 5. The lowest BCUT2D eigenvalue weighted by Gasteiger charge is -2.08. The van der Waals surface area contributed by atoms with Gasteiger partial charge in [-0.2, -0.15) is 0 Å². The minimum atomic E-state index is -0.347. The first kappa shape index (κ1) is 16.9. The topological polar surface area (TPSA) is 73.6 Å². The summed E-state index contributed by atoms with van der Waals surface area (Å²) in [5, 5.41) is 7.24.